The minimum atomic E-state index is 0.0411. The number of aliphatic hydroxyl groups excluding tert-OH is 2. The van der Waals surface area contributed by atoms with Gasteiger partial charge in [0.1, 0.15) is 0 Å². The first-order valence-electron chi connectivity index (χ1n) is 5.94. The lowest BCUT2D eigenvalue weighted by Gasteiger charge is -2.06. The SMILES string of the molecule is OCCCOCCOCCOCCOCCO. The van der Waals surface area contributed by atoms with Gasteiger partial charge in [0.25, 0.3) is 0 Å². The van der Waals surface area contributed by atoms with Crippen LogP contribution in [0.3, 0.4) is 0 Å². The van der Waals surface area contributed by atoms with E-state index in [9.17, 15) is 0 Å². The third-order valence-corrected chi connectivity index (χ3v) is 1.80. The molecule has 0 fully saturated rings. The number of aliphatic hydroxyl groups is 2. The van der Waals surface area contributed by atoms with E-state index in [1.165, 1.54) is 0 Å². The van der Waals surface area contributed by atoms with E-state index in [0.29, 0.717) is 59.3 Å². The Morgan fingerprint density at radius 1 is 0.471 bits per heavy atom. The molecule has 0 aromatic heterocycles. The minimum absolute atomic E-state index is 0.0411. The van der Waals surface area contributed by atoms with Gasteiger partial charge in [-0.25, -0.2) is 0 Å². The summed E-state index contributed by atoms with van der Waals surface area (Å²) in [5, 5.41) is 16.9. The van der Waals surface area contributed by atoms with Crippen LogP contribution in [0.15, 0.2) is 0 Å². The topological polar surface area (TPSA) is 77.4 Å². The van der Waals surface area contributed by atoms with E-state index >= 15 is 0 Å². The van der Waals surface area contributed by atoms with Crippen molar-refractivity contribution in [1.29, 1.82) is 0 Å². The van der Waals surface area contributed by atoms with Crippen molar-refractivity contribution in [2.24, 2.45) is 0 Å². The zero-order chi connectivity index (χ0) is 12.6. The molecule has 0 aliphatic rings. The molecule has 104 valence electrons. The highest BCUT2D eigenvalue weighted by Gasteiger charge is 1.92. The van der Waals surface area contributed by atoms with Gasteiger partial charge in [0.2, 0.25) is 0 Å². The molecule has 0 unspecified atom stereocenters. The second-order valence-corrected chi connectivity index (χ2v) is 3.25. The molecule has 0 atom stereocenters. The summed E-state index contributed by atoms with van der Waals surface area (Å²) in [7, 11) is 0. The van der Waals surface area contributed by atoms with E-state index in [0.717, 1.165) is 0 Å². The van der Waals surface area contributed by atoms with Gasteiger partial charge in [0.15, 0.2) is 0 Å². The van der Waals surface area contributed by atoms with Gasteiger partial charge in [-0.2, -0.15) is 0 Å². The van der Waals surface area contributed by atoms with Crippen molar-refractivity contribution in [3.63, 3.8) is 0 Å². The fourth-order valence-corrected chi connectivity index (χ4v) is 0.993. The molecule has 6 nitrogen and oxygen atoms in total. The lowest BCUT2D eigenvalue weighted by Crippen LogP contribution is -2.12. The summed E-state index contributed by atoms with van der Waals surface area (Å²) >= 11 is 0. The molecule has 0 aromatic rings. The Morgan fingerprint density at radius 2 is 0.882 bits per heavy atom. The molecular weight excluding hydrogens is 228 g/mol. The van der Waals surface area contributed by atoms with Crippen LogP contribution in [0.2, 0.25) is 0 Å². The molecule has 0 bridgehead atoms. The van der Waals surface area contributed by atoms with Crippen molar-refractivity contribution in [2.45, 2.75) is 6.42 Å². The first kappa shape index (κ1) is 16.8. The fraction of sp³-hybridized carbons (Fsp3) is 1.00. The van der Waals surface area contributed by atoms with Gasteiger partial charge in [0, 0.05) is 13.2 Å². The van der Waals surface area contributed by atoms with Crippen molar-refractivity contribution >= 4 is 0 Å². The monoisotopic (exact) mass is 252 g/mol. The number of rotatable bonds is 14. The van der Waals surface area contributed by atoms with Crippen LogP contribution in [0.1, 0.15) is 6.42 Å². The maximum absolute atomic E-state index is 8.49. The van der Waals surface area contributed by atoms with E-state index in [-0.39, 0.29) is 13.2 Å². The van der Waals surface area contributed by atoms with Gasteiger partial charge < -0.3 is 29.2 Å². The van der Waals surface area contributed by atoms with Gasteiger partial charge >= 0.3 is 0 Å². The molecule has 0 radical (unpaired) electrons. The Labute approximate surface area is 102 Å². The highest BCUT2D eigenvalue weighted by Crippen LogP contribution is 1.84. The van der Waals surface area contributed by atoms with E-state index < -0.39 is 0 Å². The van der Waals surface area contributed by atoms with Crippen LogP contribution in [0, 0.1) is 0 Å². The Hall–Kier alpha value is -0.240. The first-order valence-corrected chi connectivity index (χ1v) is 5.94. The van der Waals surface area contributed by atoms with Crippen molar-refractivity contribution in [2.75, 3.05) is 66.1 Å². The summed E-state index contributed by atoms with van der Waals surface area (Å²) in [6.07, 6.45) is 0.664. The molecule has 0 spiro atoms. The minimum Gasteiger partial charge on any atom is -0.396 e. The number of hydrogen-bond donors (Lipinski definition) is 2. The largest absolute Gasteiger partial charge is 0.396 e. The zero-order valence-electron chi connectivity index (χ0n) is 10.3. The Bertz CT molecular complexity index is 119. The zero-order valence-corrected chi connectivity index (χ0v) is 10.3. The summed E-state index contributed by atoms with van der Waals surface area (Å²) < 4.78 is 20.7. The number of hydrogen-bond acceptors (Lipinski definition) is 6. The molecule has 0 aliphatic heterocycles. The second-order valence-electron chi connectivity index (χ2n) is 3.25. The van der Waals surface area contributed by atoms with Gasteiger partial charge in [-0.3, -0.25) is 0 Å². The van der Waals surface area contributed by atoms with Crippen LogP contribution in [0.4, 0.5) is 0 Å². The van der Waals surface area contributed by atoms with Gasteiger partial charge in [-0.15, -0.1) is 0 Å². The third-order valence-electron chi connectivity index (χ3n) is 1.80. The molecule has 0 amide bonds. The van der Waals surface area contributed by atoms with Crippen LogP contribution >= 0.6 is 0 Å². The summed E-state index contributed by atoms with van der Waals surface area (Å²) in [4.78, 5) is 0. The molecular formula is C11H24O6. The molecule has 0 saturated heterocycles. The molecule has 0 heterocycles. The Morgan fingerprint density at radius 3 is 1.29 bits per heavy atom. The third kappa shape index (κ3) is 15.8. The predicted octanol–water partition coefficient (Wildman–Crippen LogP) is -0.572. The lowest BCUT2D eigenvalue weighted by molar-refractivity contribution is -0.00641. The average Bonchev–Trinajstić information content (AvgIpc) is 2.35. The molecule has 0 aromatic carbocycles. The molecule has 0 saturated carbocycles. The van der Waals surface area contributed by atoms with E-state index in [1.54, 1.807) is 0 Å². The maximum atomic E-state index is 8.49. The standard InChI is InChI=1S/C11H24O6/c12-2-1-4-14-6-8-16-10-11-17-9-7-15-5-3-13/h12-13H,1-11H2. The number of ether oxygens (including phenoxy) is 4. The molecule has 6 heteroatoms. The van der Waals surface area contributed by atoms with Crippen molar-refractivity contribution < 1.29 is 29.2 Å². The lowest BCUT2D eigenvalue weighted by atomic mass is 10.5. The summed E-state index contributed by atoms with van der Waals surface area (Å²) in [5.74, 6) is 0. The van der Waals surface area contributed by atoms with Crippen molar-refractivity contribution in [3.8, 4) is 0 Å². The fourth-order valence-electron chi connectivity index (χ4n) is 0.993. The van der Waals surface area contributed by atoms with E-state index in [4.69, 9.17) is 29.2 Å². The van der Waals surface area contributed by atoms with Crippen LogP contribution in [0.5, 0.6) is 0 Å². The summed E-state index contributed by atoms with van der Waals surface area (Å²) in [6, 6.07) is 0. The van der Waals surface area contributed by atoms with Crippen molar-refractivity contribution in [3.05, 3.63) is 0 Å². The smallest absolute Gasteiger partial charge is 0.0701 e. The van der Waals surface area contributed by atoms with Crippen molar-refractivity contribution in [1.82, 2.24) is 0 Å². The van der Waals surface area contributed by atoms with Crippen LogP contribution in [-0.4, -0.2) is 76.3 Å². The van der Waals surface area contributed by atoms with Gasteiger partial charge in [0.05, 0.1) is 52.9 Å². The average molecular weight is 252 g/mol. The molecule has 0 aliphatic carbocycles. The Balaban J connectivity index is 2.85. The normalized spacial score (nSPS) is 10.9. The highest BCUT2D eigenvalue weighted by atomic mass is 16.6. The second kappa shape index (κ2) is 15.8. The van der Waals surface area contributed by atoms with Crippen LogP contribution in [-0.2, 0) is 18.9 Å². The summed E-state index contributed by atoms with van der Waals surface area (Å²) in [6.45, 7) is 4.26. The summed E-state index contributed by atoms with van der Waals surface area (Å²) in [5.41, 5.74) is 0. The Kier molecular flexibility index (Phi) is 15.5. The molecule has 0 rings (SSSR count). The predicted molar refractivity (Wildman–Crippen MR) is 62.1 cm³/mol. The first-order chi connectivity index (χ1) is 8.41. The quantitative estimate of drug-likeness (QED) is 0.403. The van der Waals surface area contributed by atoms with Gasteiger partial charge in [-0.1, -0.05) is 0 Å². The molecule has 17 heavy (non-hydrogen) atoms. The van der Waals surface area contributed by atoms with Crippen LogP contribution in [0.25, 0.3) is 0 Å². The van der Waals surface area contributed by atoms with E-state index in [1.807, 2.05) is 0 Å². The van der Waals surface area contributed by atoms with E-state index in [2.05, 4.69) is 0 Å². The highest BCUT2D eigenvalue weighted by molar-refractivity contribution is 4.35. The van der Waals surface area contributed by atoms with Crippen LogP contribution < -0.4 is 0 Å². The van der Waals surface area contributed by atoms with Gasteiger partial charge in [-0.05, 0) is 6.42 Å². The maximum Gasteiger partial charge on any atom is 0.0701 e. The molecule has 2 N–H and O–H groups in total.